The van der Waals surface area contributed by atoms with Gasteiger partial charge in [-0.25, -0.2) is 0 Å². The van der Waals surface area contributed by atoms with Crippen LogP contribution < -0.4 is 15.2 Å². The average molecular weight is 269 g/mol. The third-order valence-corrected chi connectivity index (χ3v) is 2.75. The van der Waals surface area contributed by atoms with Gasteiger partial charge < -0.3 is 25.1 Å². The van der Waals surface area contributed by atoms with E-state index in [1.54, 1.807) is 26.4 Å². The first kappa shape index (κ1) is 15.3. The molecule has 1 aromatic carbocycles. The van der Waals surface area contributed by atoms with E-state index in [1.807, 2.05) is 0 Å². The minimum Gasteiger partial charge on any atom is -0.496 e. The quantitative estimate of drug-likeness (QED) is 0.776. The molecule has 0 bridgehead atoms. The molecule has 106 valence electrons. The Bertz CT molecular complexity index is 447. The van der Waals surface area contributed by atoms with Crippen molar-refractivity contribution in [2.75, 3.05) is 21.3 Å². The molecule has 19 heavy (non-hydrogen) atoms. The van der Waals surface area contributed by atoms with Crippen LogP contribution in [0.15, 0.2) is 12.1 Å². The number of rotatable bonds is 7. The largest absolute Gasteiger partial charge is 0.496 e. The monoisotopic (exact) mass is 269 g/mol. The number of aliphatic carboxylic acids is 1. The molecular formula is C13H19NO5. The highest BCUT2D eigenvalue weighted by Gasteiger charge is 2.20. The first-order valence-electron chi connectivity index (χ1n) is 5.75. The summed E-state index contributed by atoms with van der Waals surface area (Å²) < 4.78 is 15.7. The zero-order chi connectivity index (χ0) is 14.4. The van der Waals surface area contributed by atoms with Gasteiger partial charge >= 0.3 is 5.97 Å². The lowest BCUT2D eigenvalue weighted by Gasteiger charge is -2.19. The molecule has 0 aliphatic rings. The van der Waals surface area contributed by atoms with Crippen molar-refractivity contribution in [3.8, 4) is 11.5 Å². The van der Waals surface area contributed by atoms with Crippen molar-refractivity contribution in [2.24, 2.45) is 5.73 Å². The van der Waals surface area contributed by atoms with Gasteiger partial charge in [-0.1, -0.05) is 6.07 Å². The first-order valence-corrected chi connectivity index (χ1v) is 5.75. The number of nitrogens with two attached hydrogens (primary N) is 1. The van der Waals surface area contributed by atoms with Gasteiger partial charge in [0.05, 0.1) is 32.8 Å². The number of methoxy groups -OCH3 is 3. The summed E-state index contributed by atoms with van der Waals surface area (Å²) in [5.41, 5.74) is 7.22. The van der Waals surface area contributed by atoms with E-state index in [0.717, 1.165) is 0 Å². The summed E-state index contributed by atoms with van der Waals surface area (Å²) in [6.45, 7) is 0.292. The van der Waals surface area contributed by atoms with E-state index in [4.69, 9.17) is 25.1 Å². The predicted octanol–water partition coefficient (Wildman–Crippen LogP) is 1.32. The number of hydrogen-bond donors (Lipinski definition) is 2. The maximum Gasteiger partial charge on any atom is 0.305 e. The number of carbonyl (C=O) groups is 1. The molecule has 0 heterocycles. The molecule has 0 fully saturated rings. The zero-order valence-corrected chi connectivity index (χ0v) is 11.3. The Hall–Kier alpha value is -1.79. The Morgan fingerprint density at radius 2 is 2.00 bits per heavy atom. The highest BCUT2D eigenvalue weighted by atomic mass is 16.5. The van der Waals surface area contributed by atoms with E-state index in [-0.39, 0.29) is 6.42 Å². The van der Waals surface area contributed by atoms with Crippen LogP contribution in [0.2, 0.25) is 0 Å². The van der Waals surface area contributed by atoms with Gasteiger partial charge in [0.25, 0.3) is 0 Å². The van der Waals surface area contributed by atoms with Crippen molar-refractivity contribution < 1.29 is 24.1 Å². The van der Waals surface area contributed by atoms with Gasteiger partial charge in [0.2, 0.25) is 0 Å². The second-order valence-corrected chi connectivity index (χ2v) is 4.01. The number of carboxylic acid groups (broad SMARTS) is 1. The molecule has 0 amide bonds. The topological polar surface area (TPSA) is 91.0 Å². The Kier molecular flexibility index (Phi) is 5.59. The van der Waals surface area contributed by atoms with Crippen LogP contribution in [-0.2, 0) is 16.1 Å². The summed E-state index contributed by atoms with van der Waals surface area (Å²) in [5, 5.41) is 8.81. The fourth-order valence-corrected chi connectivity index (χ4v) is 1.93. The first-order chi connectivity index (χ1) is 9.04. The van der Waals surface area contributed by atoms with Gasteiger partial charge in [-0.2, -0.15) is 0 Å². The van der Waals surface area contributed by atoms with Gasteiger partial charge in [0.15, 0.2) is 0 Å². The van der Waals surface area contributed by atoms with E-state index in [1.165, 1.54) is 7.11 Å². The molecular weight excluding hydrogens is 250 g/mol. The number of carboxylic acids is 1. The Balaban J connectivity index is 3.25. The Labute approximate surface area is 112 Å². The van der Waals surface area contributed by atoms with Crippen molar-refractivity contribution in [2.45, 2.75) is 19.1 Å². The van der Waals surface area contributed by atoms with Gasteiger partial charge in [0.1, 0.15) is 11.5 Å². The lowest BCUT2D eigenvalue weighted by atomic mass is 9.99. The van der Waals surface area contributed by atoms with E-state index < -0.39 is 12.0 Å². The minimum absolute atomic E-state index is 0.172. The predicted molar refractivity (Wildman–Crippen MR) is 69.4 cm³/mol. The second kappa shape index (κ2) is 6.96. The van der Waals surface area contributed by atoms with Crippen molar-refractivity contribution in [1.82, 2.24) is 0 Å². The number of hydrogen-bond acceptors (Lipinski definition) is 5. The molecule has 6 heteroatoms. The maximum absolute atomic E-state index is 10.7. The fraction of sp³-hybridized carbons (Fsp3) is 0.462. The molecule has 0 saturated heterocycles. The van der Waals surface area contributed by atoms with E-state index in [9.17, 15) is 4.79 Å². The van der Waals surface area contributed by atoms with Crippen LogP contribution >= 0.6 is 0 Å². The summed E-state index contributed by atoms with van der Waals surface area (Å²) in [4.78, 5) is 10.7. The summed E-state index contributed by atoms with van der Waals surface area (Å²) in [6, 6.07) is 2.80. The van der Waals surface area contributed by atoms with Crippen LogP contribution in [0, 0.1) is 0 Å². The van der Waals surface area contributed by atoms with Crippen molar-refractivity contribution >= 4 is 5.97 Å². The molecule has 0 saturated carbocycles. The fourth-order valence-electron chi connectivity index (χ4n) is 1.93. The van der Waals surface area contributed by atoms with Crippen LogP contribution in [0.3, 0.4) is 0 Å². The van der Waals surface area contributed by atoms with Crippen LogP contribution in [0.25, 0.3) is 0 Å². The van der Waals surface area contributed by atoms with E-state index in [0.29, 0.717) is 29.2 Å². The molecule has 0 spiro atoms. The van der Waals surface area contributed by atoms with Gasteiger partial charge in [0, 0.05) is 18.7 Å². The third kappa shape index (κ3) is 3.59. The van der Waals surface area contributed by atoms with Crippen LogP contribution in [0.4, 0.5) is 0 Å². The van der Waals surface area contributed by atoms with Crippen molar-refractivity contribution in [3.63, 3.8) is 0 Å². The van der Waals surface area contributed by atoms with Gasteiger partial charge in [-0.15, -0.1) is 0 Å². The summed E-state index contributed by atoms with van der Waals surface area (Å²) in [5.74, 6) is 0.165. The molecule has 0 aliphatic heterocycles. The number of ether oxygens (including phenoxy) is 3. The Morgan fingerprint density at radius 3 is 2.47 bits per heavy atom. The van der Waals surface area contributed by atoms with E-state index in [2.05, 4.69) is 0 Å². The summed E-state index contributed by atoms with van der Waals surface area (Å²) in [7, 11) is 4.61. The zero-order valence-electron chi connectivity index (χ0n) is 11.3. The van der Waals surface area contributed by atoms with Crippen molar-refractivity contribution in [3.05, 3.63) is 23.3 Å². The number of benzene rings is 1. The lowest BCUT2D eigenvalue weighted by molar-refractivity contribution is -0.137. The molecule has 0 aliphatic carbocycles. The normalized spacial score (nSPS) is 12.0. The molecule has 1 unspecified atom stereocenters. The van der Waals surface area contributed by atoms with Gasteiger partial charge in [-0.05, 0) is 6.07 Å². The average Bonchev–Trinajstić information content (AvgIpc) is 2.37. The summed E-state index contributed by atoms with van der Waals surface area (Å²) in [6.07, 6.45) is -0.172. The summed E-state index contributed by atoms with van der Waals surface area (Å²) >= 11 is 0. The molecule has 1 atom stereocenters. The highest BCUT2D eigenvalue weighted by molar-refractivity contribution is 5.68. The highest BCUT2D eigenvalue weighted by Crippen LogP contribution is 2.36. The smallest absolute Gasteiger partial charge is 0.305 e. The molecule has 6 nitrogen and oxygen atoms in total. The van der Waals surface area contributed by atoms with Gasteiger partial charge in [-0.3, -0.25) is 4.79 Å². The maximum atomic E-state index is 10.7. The Morgan fingerprint density at radius 1 is 1.32 bits per heavy atom. The molecule has 0 aromatic heterocycles. The minimum atomic E-state index is -0.960. The van der Waals surface area contributed by atoms with E-state index >= 15 is 0 Å². The van der Waals surface area contributed by atoms with Crippen LogP contribution in [-0.4, -0.2) is 32.4 Å². The SMILES string of the molecule is COCc1c(OC)ccc(C(N)CC(=O)O)c1OC. The molecule has 3 N–H and O–H groups in total. The molecule has 1 rings (SSSR count). The van der Waals surface area contributed by atoms with Crippen LogP contribution in [0.1, 0.15) is 23.6 Å². The van der Waals surface area contributed by atoms with Crippen LogP contribution in [0.5, 0.6) is 11.5 Å². The second-order valence-electron chi connectivity index (χ2n) is 4.01. The lowest BCUT2D eigenvalue weighted by Crippen LogP contribution is -2.17. The van der Waals surface area contributed by atoms with Crippen molar-refractivity contribution in [1.29, 1.82) is 0 Å². The molecule has 1 aromatic rings. The standard InChI is InChI=1S/C13H19NO5/c1-17-7-9-11(18-2)5-4-8(13(9)19-3)10(14)6-12(15)16/h4-5,10H,6-7,14H2,1-3H3,(H,15,16). The third-order valence-electron chi connectivity index (χ3n) is 2.75. The molecule has 0 radical (unpaired) electrons.